The van der Waals surface area contributed by atoms with Crippen LogP contribution in [0.1, 0.15) is 15.9 Å². The SMILES string of the molecule is CN1CCN(Cc2ccccc2C=O)CC1. The van der Waals surface area contributed by atoms with Gasteiger partial charge in [-0.3, -0.25) is 9.69 Å². The molecule has 1 aliphatic rings. The normalized spacial score (nSPS) is 18.6. The molecule has 0 N–H and O–H groups in total. The molecule has 1 heterocycles. The van der Waals surface area contributed by atoms with Gasteiger partial charge in [0.1, 0.15) is 6.29 Å². The highest BCUT2D eigenvalue weighted by atomic mass is 16.1. The molecule has 3 heteroatoms. The van der Waals surface area contributed by atoms with Gasteiger partial charge < -0.3 is 4.90 Å². The van der Waals surface area contributed by atoms with Crippen molar-refractivity contribution in [3.63, 3.8) is 0 Å². The standard InChI is InChI=1S/C13H18N2O/c1-14-6-8-15(9-7-14)10-12-4-2-3-5-13(12)11-16/h2-5,11H,6-10H2,1H3. The predicted octanol–water partition coefficient (Wildman–Crippen LogP) is 1.25. The zero-order chi connectivity index (χ0) is 11.4. The highest BCUT2D eigenvalue weighted by Crippen LogP contribution is 2.11. The number of hydrogen-bond donors (Lipinski definition) is 0. The molecule has 0 radical (unpaired) electrons. The summed E-state index contributed by atoms with van der Waals surface area (Å²) in [7, 11) is 2.15. The maximum Gasteiger partial charge on any atom is 0.150 e. The van der Waals surface area contributed by atoms with Crippen molar-refractivity contribution < 1.29 is 4.79 Å². The summed E-state index contributed by atoms with van der Waals surface area (Å²) in [4.78, 5) is 15.6. The van der Waals surface area contributed by atoms with E-state index in [4.69, 9.17) is 0 Å². The van der Waals surface area contributed by atoms with E-state index in [1.54, 1.807) is 0 Å². The van der Waals surface area contributed by atoms with Crippen LogP contribution in [0.4, 0.5) is 0 Å². The second-order valence-electron chi connectivity index (χ2n) is 4.40. The first-order valence-electron chi connectivity index (χ1n) is 5.73. The maximum atomic E-state index is 10.9. The molecular weight excluding hydrogens is 200 g/mol. The van der Waals surface area contributed by atoms with E-state index >= 15 is 0 Å². The molecule has 0 atom stereocenters. The molecule has 0 bridgehead atoms. The van der Waals surface area contributed by atoms with Gasteiger partial charge in [0.05, 0.1) is 0 Å². The molecule has 3 nitrogen and oxygen atoms in total. The molecule has 1 fully saturated rings. The molecule has 0 saturated carbocycles. The van der Waals surface area contributed by atoms with E-state index in [0.29, 0.717) is 0 Å². The van der Waals surface area contributed by atoms with Crippen molar-refractivity contribution in [1.29, 1.82) is 0 Å². The maximum absolute atomic E-state index is 10.9. The molecule has 1 saturated heterocycles. The van der Waals surface area contributed by atoms with Gasteiger partial charge in [-0.05, 0) is 12.6 Å². The summed E-state index contributed by atoms with van der Waals surface area (Å²) < 4.78 is 0. The van der Waals surface area contributed by atoms with E-state index in [0.717, 1.165) is 50.1 Å². The summed E-state index contributed by atoms with van der Waals surface area (Å²) in [5.74, 6) is 0. The molecule has 0 spiro atoms. The Kier molecular flexibility index (Phi) is 3.70. The molecular formula is C13H18N2O. The summed E-state index contributed by atoms with van der Waals surface area (Å²) >= 11 is 0. The highest BCUT2D eigenvalue weighted by molar-refractivity contribution is 5.77. The van der Waals surface area contributed by atoms with Gasteiger partial charge in [-0.15, -0.1) is 0 Å². The first-order chi connectivity index (χ1) is 7.79. The third-order valence-corrected chi connectivity index (χ3v) is 3.17. The minimum Gasteiger partial charge on any atom is -0.304 e. The van der Waals surface area contributed by atoms with Crippen LogP contribution in [0.25, 0.3) is 0 Å². The Bertz CT molecular complexity index is 357. The van der Waals surface area contributed by atoms with E-state index in [-0.39, 0.29) is 0 Å². The molecule has 0 unspecified atom stereocenters. The quantitative estimate of drug-likeness (QED) is 0.713. The van der Waals surface area contributed by atoms with Crippen LogP contribution < -0.4 is 0 Å². The third kappa shape index (κ3) is 2.68. The van der Waals surface area contributed by atoms with E-state index in [1.165, 1.54) is 0 Å². The van der Waals surface area contributed by atoms with Gasteiger partial charge in [-0.25, -0.2) is 0 Å². The predicted molar refractivity (Wildman–Crippen MR) is 64.6 cm³/mol. The molecule has 2 rings (SSSR count). The lowest BCUT2D eigenvalue weighted by atomic mass is 10.1. The Morgan fingerprint density at radius 2 is 1.88 bits per heavy atom. The fraction of sp³-hybridized carbons (Fsp3) is 0.462. The molecule has 1 aromatic rings. The smallest absolute Gasteiger partial charge is 0.150 e. The molecule has 16 heavy (non-hydrogen) atoms. The Labute approximate surface area is 96.7 Å². The average Bonchev–Trinajstić information content (AvgIpc) is 2.33. The van der Waals surface area contributed by atoms with Crippen molar-refractivity contribution in [1.82, 2.24) is 9.80 Å². The lowest BCUT2D eigenvalue weighted by Gasteiger charge is -2.32. The van der Waals surface area contributed by atoms with Gasteiger partial charge >= 0.3 is 0 Å². The van der Waals surface area contributed by atoms with Crippen LogP contribution in [0.5, 0.6) is 0 Å². The van der Waals surface area contributed by atoms with Crippen LogP contribution in [0, 0.1) is 0 Å². The van der Waals surface area contributed by atoms with Crippen LogP contribution in [-0.4, -0.2) is 49.3 Å². The third-order valence-electron chi connectivity index (χ3n) is 3.17. The second kappa shape index (κ2) is 5.23. The monoisotopic (exact) mass is 218 g/mol. The molecule has 1 aromatic carbocycles. The van der Waals surface area contributed by atoms with Crippen molar-refractivity contribution in [2.24, 2.45) is 0 Å². The van der Waals surface area contributed by atoms with Gasteiger partial charge in [-0.2, -0.15) is 0 Å². The van der Waals surface area contributed by atoms with Gasteiger partial charge in [0.2, 0.25) is 0 Å². The summed E-state index contributed by atoms with van der Waals surface area (Å²) in [6.45, 7) is 5.29. The molecule has 0 amide bonds. The Morgan fingerprint density at radius 1 is 1.19 bits per heavy atom. The molecule has 0 aliphatic carbocycles. The highest BCUT2D eigenvalue weighted by Gasteiger charge is 2.14. The van der Waals surface area contributed by atoms with E-state index in [9.17, 15) is 4.79 Å². The van der Waals surface area contributed by atoms with E-state index in [1.807, 2.05) is 24.3 Å². The first kappa shape index (κ1) is 11.3. The van der Waals surface area contributed by atoms with Crippen LogP contribution in [0.15, 0.2) is 24.3 Å². The van der Waals surface area contributed by atoms with Crippen LogP contribution >= 0.6 is 0 Å². The Morgan fingerprint density at radius 3 is 2.56 bits per heavy atom. The Balaban J connectivity index is 2.00. The van der Waals surface area contributed by atoms with Crippen LogP contribution in [0.3, 0.4) is 0 Å². The fourth-order valence-electron chi connectivity index (χ4n) is 2.04. The lowest BCUT2D eigenvalue weighted by Crippen LogP contribution is -2.44. The minimum atomic E-state index is 0.821. The zero-order valence-corrected chi connectivity index (χ0v) is 9.72. The Hall–Kier alpha value is -1.19. The summed E-state index contributed by atoms with van der Waals surface area (Å²) in [6, 6.07) is 7.84. The number of likely N-dealkylation sites (N-methyl/N-ethyl adjacent to an activating group) is 1. The molecule has 0 aromatic heterocycles. The van der Waals surface area contributed by atoms with Gasteiger partial charge in [0.25, 0.3) is 0 Å². The number of hydrogen-bond acceptors (Lipinski definition) is 3. The largest absolute Gasteiger partial charge is 0.304 e. The fourth-order valence-corrected chi connectivity index (χ4v) is 2.04. The lowest BCUT2D eigenvalue weighted by molar-refractivity contribution is 0.111. The number of carbonyl (C=O) groups excluding carboxylic acids is 1. The van der Waals surface area contributed by atoms with Crippen LogP contribution in [-0.2, 0) is 6.54 Å². The van der Waals surface area contributed by atoms with Crippen molar-refractivity contribution in [3.05, 3.63) is 35.4 Å². The van der Waals surface area contributed by atoms with Gasteiger partial charge in [0.15, 0.2) is 0 Å². The summed E-state index contributed by atoms with van der Waals surface area (Å²) in [5, 5.41) is 0. The number of aldehydes is 1. The topological polar surface area (TPSA) is 23.6 Å². The van der Waals surface area contributed by atoms with Crippen molar-refractivity contribution in [3.8, 4) is 0 Å². The van der Waals surface area contributed by atoms with E-state index in [2.05, 4.69) is 16.8 Å². The van der Waals surface area contributed by atoms with Crippen molar-refractivity contribution in [2.75, 3.05) is 33.2 Å². The van der Waals surface area contributed by atoms with Gasteiger partial charge in [0, 0.05) is 38.3 Å². The molecule has 1 aliphatic heterocycles. The van der Waals surface area contributed by atoms with Crippen molar-refractivity contribution in [2.45, 2.75) is 6.54 Å². The number of benzene rings is 1. The van der Waals surface area contributed by atoms with E-state index < -0.39 is 0 Å². The van der Waals surface area contributed by atoms with Crippen LogP contribution in [0.2, 0.25) is 0 Å². The molecule has 86 valence electrons. The number of piperazine rings is 1. The number of rotatable bonds is 3. The zero-order valence-electron chi connectivity index (χ0n) is 9.72. The summed E-state index contributed by atoms with van der Waals surface area (Å²) in [6.07, 6.45) is 0.950. The minimum absolute atomic E-state index is 0.821. The van der Waals surface area contributed by atoms with Gasteiger partial charge in [-0.1, -0.05) is 24.3 Å². The summed E-state index contributed by atoms with van der Waals surface area (Å²) in [5.41, 5.74) is 1.96. The van der Waals surface area contributed by atoms with Crippen molar-refractivity contribution >= 4 is 6.29 Å². The second-order valence-corrected chi connectivity index (χ2v) is 4.40. The number of carbonyl (C=O) groups is 1. The number of nitrogens with zero attached hydrogens (tertiary/aromatic N) is 2. The first-order valence-corrected chi connectivity index (χ1v) is 5.73. The average molecular weight is 218 g/mol.